The van der Waals surface area contributed by atoms with Gasteiger partial charge < -0.3 is 14.7 Å². The van der Waals surface area contributed by atoms with Crippen LogP contribution in [0.4, 0.5) is 5.95 Å². The summed E-state index contributed by atoms with van der Waals surface area (Å²) in [6.45, 7) is 5.03. The topological polar surface area (TPSA) is 52.5 Å². The van der Waals surface area contributed by atoms with Crippen LogP contribution in [-0.4, -0.2) is 53.0 Å². The summed E-state index contributed by atoms with van der Waals surface area (Å²) < 4.78 is 0. The van der Waals surface area contributed by atoms with Gasteiger partial charge in [-0.15, -0.1) is 0 Å². The fourth-order valence-electron chi connectivity index (χ4n) is 1.78. The number of anilines is 1. The highest BCUT2D eigenvalue weighted by atomic mass is 35.5. The van der Waals surface area contributed by atoms with Crippen molar-refractivity contribution in [3.8, 4) is 0 Å². The van der Waals surface area contributed by atoms with E-state index in [1.807, 2.05) is 4.81 Å². The number of aromatic nitrogens is 2. The van der Waals surface area contributed by atoms with Crippen molar-refractivity contribution in [2.24, 2.45) is 0 Å². The van der Waals surface area contributed by atoms with E-state index in [0.29, 0.717) is 11.1 Å². The molecule has 1 saturated heterocycles. The van der Waals surface area contributed by atoms with E-state index in [4.69, 9.17) is 11.6 Å². The van der Waals surface area contributed by atoms with Gasteiger partial charge in [0.2, 0.25) is 5.95 Å². The summed E-state index contributed by atoms with van der Waals surface area (Å²) in [5.41, 5.74) is 0. The van der Waals surface area contributed by atoms with Gasteiger partial charge >= 0.3 is 7.05 Å². The lowest BCUT2D eigenvalue weighted by molar-refractivity contribution is 0.343. The molecule has 1 aliphatic heterocycles. The Morgan fingerprint density at radius 1 is 1.38 bits per heavy atom. The van der Waals surface area contributed by atoms with Crippen LogP contribution >= 0.6 is 11.6 Å². The summed E-state index contributed by atoms with van der Waals surface area (Å²) in [5, 5.41) is 9.89. The van der Waals surface area contributed by atoms with E-state index < -0.39 is 0 Å². The van der Waals surface area contributed by atoms with Gasteiger partial charge in [0.05, 0.1) is 0 Å². The summed E-state index contributed by atoms with van der Waals surface area (Å²) in [6.07, 6.45) is 1.66. The molecule has 2 heterocycles. The van der Waals surface area contributed by atoms with Gasteiger partial charge in [-0.05, 0) is 12.9 Å². The molecule has 0 aliphatic carbocycles. The van der Waals surface area contributed by atoms with Crippen molar-refractivity contribution >= 4 is 24.6 Å². The van der Waals surface area contributed by atoms with Gasteiger partial charge in [-0.2, -0.15) is 0 Å². The van der Waals surface area contributed by atoms with Gasteiger partial charge in [-0.1, -0.05) is 11.6 Å². The zero-order valence-corrected chi connectivity index (χ0v) is 9.93. The maximum Gasteiger partial charge on any atom is 0.376 e. The SMILES string of the molecule is CB(O)N1CCN(c2nccc(Cl)n2)CC1. The van der Waals surface area contributed by atoms with E-state index in [2.05, 4.69) is 14.9 Å². The first kappa shape index (κ1) is 11.6. The van der Waals surface area contributed by atoms with Gasteiger partial charge in [0.15, 0.2) is 0 Å². The molecule has 16 heavy (non-hydrogen) atoms. The molecule has 2 rings (SSSR count). The molecular weight excluding hydrogens is 226 g/mol. The van der Waals surface area contributed by atoms with Crippen molar-refractivity contribution in [2.75, 3.05) is 31.1 Å². The van der Waals surface area contributed by atoms with Crippen LogP contribution in [0, 0.1) is 0 Å². The average molecular weight is 241 g/mol. The van der Waals surface area contributed by atoms with Gasteiger partial charge in [-0.3, -0.25) is 0 Å². The van der Waals surface area contributed by atoms with Gasteiger partial charge in [0.25, 0.3) is 0 Å². The van der Waals surface area contributed by atoms with Crippen molar-refractivity contribution in [3.05, 3.63) is 17.4 Å². The fourth-order valence-corrected chi connectivity index (χ4v) is 1.91. The van der Waals surface area contributed by atoms with Crippen molar-refractivity contribution in [1.82, 2.24) is 14.8 Å². The molecule has 5 nitrogen and oxygen atoms in total. The molecule has 0 radical (unpaired) electrons. The third-order valence-electron chi connectivity index (χ3n) is 2.73. The number of hydrogen-bond acceptors (Lipinski definition) is 5. The molecule has 0 spiro atoms. The number of hydrogen-bond donors (Lipinski definition) is 1. The number of nitrogens with zero attached hydrogens (tertiary/aromatic N) is 4. The molecular formula is C9H14BClN4O. The highest BCUT2D eigenvalue weighted by molar-refractivity contribution is 6.45. The minimum absolute atomic E-state index is 0.387. The minimum atomic E-state index is -0.387. The van der Waals surface area contributed by atoms with Gasteiger partial charge in [-0.25, -0.2) is 9.97 Å². The summed E-state index contributed by atoms with van der Waals surface area (Å²) >= 11 is 5.81. The van der Waals surface area contributed by atoms with E-state index in [0.717, 1.165) is 26.2 Å². The summed E-state index contributed by atoms with van der Waals surface area (Å²) in [7, 11) is -0.387. The van der Waals surface area contributed by atoms with Crippen molar-refractivity contribution in [2.45, 2.75) is 6.82 Å². The van der Waals surface area contributed by atoms with Crippen LogP contribution in [0.15, 0.2) is 12.3 Å². The molecule has 1 aromatic heterocycles. The Hall–Kier alpha value is -0.845. The minimum Gasteiger partial charge on any atom is -0.437 e. The maximum atomic E-state index is 9.43. The third-order valence-corrected chi connectivity index (χ3v) is 2.94. The molecule has 0 bridgehead atoms. The number of halogens is 1. The first-order valence-electron chi connectivity index (χ1n) is 5.32. The molecule has 1 N–H and O–H groups in total. The lowest BCUT2D eigenvalue weighted by Gasteiger charge is -2.35. The van der Waals surface area contributed by atoms with Crippen LogP contribution in [0.2, 0.25) is 12.0 Å². The van der Waals surface area contributed by atoms with Crippen molar-refractivity contribution in [3.63, 3.8) is 0 Å². The van der Waals surface area contributed by atoms with Crippen LogP contribution < -0.4 is 4.90 Å². The lowest BCUT2D eigenvalue weighted by atomic mass is 9.84. The van der Waals surface area contributed by atoms with Crippen molar-refractivity contribution < 1.29 is 5.02 Å². The Morgan fingerprint density at radius 2 is 2.06 bits per heavy atom. The highest BCUT2D eigenvalue weighted by Gasteiger charge is 2.23. The second-order valence-electron chi connectivity index (χ2n) is 3.83. The first-order valence-corrected chi connectivity index (χ1v) is 5.70. The number of piperazine rings is 1. The van der Waals surface area contributed by atoms with Crippen LogP contribution in [0.25, 0.3) is 0 Å². The second-order valence-corrected chi connectivity index (χ2v) is 4.22. The molecule has 0 atom stereocenters. The van der Waals surface area contributed by atoms with Crippen LogP contribution in [0.5, 0.6) is 0 Å². The van der Waals surface area contributed by atoms with Crippen LogP contribution in [0.3, 0.4) is 0 Å². The summed E-state index contributed by atoms with van der Waals surface area (Å²) in [5.74, 6) is 0.665. The molecule has 0 amide bonds. The molecule has 7 heteroatoms. The van der Waals surface area contributed by atoms with Gasteiger partial charge in [0.1, 0.15) is 5.15 Å². The Balaban J connectivity index is 1.99. The van der Waals surface area contributed by atoms with Crippen LogP contribution in [-0.2, 0) is 0 Å². The first-order chi connectivity index (χ1) is 7.66. The zero-order valence-electron chi connectivity index (χ0n) is 9.17. The molecule has 0 aromatic carbocycles. The Labute approximate surface area is 100 Å². The molecule has 1 aromatic rings. The fraction of sp³-hybridized carbons (Fsp3) is 0.556. The Kier molecular flexibility index (Phi) is 3.63. The van der Waals surface area contributed by atoms with E-state index in [-0.39, 0.29) is 7.05 Å². The Morgan fingerprint density at radius 3 is 2.62 bits per heavy atom. The monoisotopic (exact) mass is 240 g/mol. The normalized spacial score (nSPS) is 17.6. The standard InChI is InChI=1S/C9H14BClN4O/c1-10(16)15-6-4-14(5-7-15)9-12-3-2-8(11)13-9/h2-3,16H,4-7H2,1H3. The van der Waals surface area contributed by atoms with E-state index in [9.17, 15) is 5.02 Å². The molecule has 0 unspecified atom stereocenters. The zero-order chi connectivity index (χ0) is 11.5. The molecule has 1 aliphatic rings. The second kappa shape index (κ2) is 4.99. The molecule has 86 valence electrons. The van der Waals surface area contributed by atoms with Crippen LogP contribution in [0.1, 0.15) is 0 Å². The molecule has 1 fully saturated rings. The Bertz CT molecular complexity index is 357. The largest absolute Gasteiger partial charge is 0.437 e. The predicted molar refractivity (Wildman–Crippen MR) is 64.7 cm³/mol. The van der Waals surface area contributed by atoms with E-state index in [1.165, 1.54) is 0 Å². The molecule has 0 saturated carbocycles. The highest BCUT2D eigenvalue weighted by Crippen LogP contribution is 2.13. The van der Waals surface area contributed by atoms with Gasteiger partial charge in [0, 0.05) is 32.4 Å². The smallest absolute Gasteiger partial charge is 0.376 e. The maximum absolute atomic E-state index is 9.43. The number of rotatable bonds is 2. The quantitative estimate of drug-likeness (QED) is 0.598. The van der Waals surface area contributed by atoms with Crippen molar-refractivity contribution in [1.29, 1.82) is 0 Å². The third kappa shape index (κ3) is 2.64. The average Bonchev–Trinajstić information content (AvgIpc) is 2.29. The lowest BCUT2D eigenvalue weighted by Crippen LogP contribution is -2.51. The predicted octanol–water partition coefficient (Wildman–Crippen LogP) is 0.362. The summed E-state index contributed by atoms with van der Waals surface area (Å²) in [6, 6.07) is 1.66. The summed E-state index contributed by atoms with van der Waals surface area (Å²) in [4.78, 5) is 12.4. The van der Waals surface area contributed by atoms with E-state index in [1.54, 1.807) is 19.1 Å². The van der Waals surface area contributed by atoms with E-state index >= 15 is 0 Å².